The number of aromatic nitrogens is 4. The second-order valence-electron chi connectivity index (χ2n) is 21.5. The summed E-state index contributed by atoms with van der Waals surface area (Å²) < 4.78 is 132. The molecular formula is C76H52N4O. The number of imidazole rings is 1. The number of rotatable bonds is 5. The van der Waals surface area contributed by atoms with Crippen LogP contribution in [-0.2, 0) is 5.41 Å². The Morgan fingerprint density at radius 1 is 0.432 bits per heavy atom. The van der Waals surface area contributed by atoms with Gasteiger partial charge in [-0.2, -0.15) is 0 Å². The van der Waals surface area contributed by atoms with Crippen molar-refractivity contribution in [2.75, 3.05) is 0 Å². The van der Waals surface area contributed by atoms with E-state index < -0.39 is 78.6 Å². The molecule has 5 heteroatoms. The third-order valence-corrected chi connectivity index (χ3v) is 15.8. The lowest BCUT2D eigenvalue weighted by molar-refractivity contribution is -0.570. The highest BCUT2D eigenvalue weighted by molar-refractivity contribution is 6.15. The van der Waals surface area contributed by atoms with Gasteiger partial charge in [0.25, 0.3) is 6.33 Å². The van der Waals surface area contributed by atoms with Crippen LogP contribution in [0.1, 0.15) is 44.2 Å². The van der Waals surface area contributed by atoms with Gasteiger partial charge in [-0.15, -0.1) is 0 Å². The summed E-state index contributed by atoms with van der Waals surface area (Å²) >= 11 is 0. The topological polar surface area (TPSA) is 35.9 Å². The van der Waals surface area contributed by atoms with Crippen LogP contribution in [0.15, 0.2) is 261 Å². The number of hydrogen-bond acceptors (Lipinski definition) is 2. The SMILES string of the molecule is [2H]c1c([2H])c([2H])c(-c2cccc3c2-[n+]2[c-]n(-c4cccc(Oc5ccc6c7cc8c(cc7n(-c7cc(C(C)(C)C)ccn7)c6c5)-c5ccccc5-c5ccccc5-c5ccccc5-8)c4)c4cccc(c42)-c2c([2H])c([2H])c([2H])c([2H])c2-c2c([2H])c([2H])c([2H])c([2H])c2-3)c([2H])c1[2H]. The number of nitrogens with zero attached hydrogens (tertiary/aromatic N) is 4. The Bertz CT molecular complexity index is 5680. The van der Waals surface area contributed by atoms with Gasteiger partial charge in [-0.1, -0.05) is 215 Å². The fourth-order valence-electron chi connectivity index (χ4n) is 12.2. The summed E-state index contributed by atoms with van der Waals surface area (Å²) in [7, 11) is 0. The number of ether oxygens (including phenoxy) is 1. The molecule has 382 valence electrons. The Balaban J connectivity index is 0.924. The van der Waals surface area contributed by atoms with Gasteiger partial charge >= 0.3 is 0 Å². The van der Waals surface area contributed by atoms with Crippen molar-refractivity contribution in [1.82, 2.24) is 14.1 Å². The van der Waals surface area contributed by atoms with Crippen LogP contribution >= 0.6 is 0 Å². The van der Waals surface area contributed by atoms with Crippen LogP contribution in [0.25, 0.3) is 139 Å². The van der Waals surface area contributed by atoms with E-state index in [1.165, 1.54) is 0 Å². The fraction of sp³-hybridized carbons (Fsp3) is 0.0526. The van der Waals surface area contributed by atoms with Crippen molar-refractivity contribution in [2.45, 2.75) is 26.2 Å². The molecule has 14 aromatic rings. The number of para-hydroxylation sites is 2. The smallest absolute Gasteiger partial charge is 0.269 e. The van der Waals surface area contributed by atoms with Crippen molar-refractivity contribution in [3.63, 3.8) is 0 Å². The zero-order chi connectivity index (χ0) is 65.2. The highest BCUT2D eigenvalue weighted by Gasteiger charge is 2.28. The summed E-state index contributed by atoms with van der Waals surface area (Å²) in [6.45, 7) is 6.56. The lowest BCUT2D eigenvalue weighted by Gasteiger charge is -2.23. The molecule has 11 aromatic carbocycles. The molecule has 0 N–H and O–H groups in total. The van der Waals surface area contributed by atoms with E-state index in [9.17, 15) is 8.22 Å². The molecule has 0 bridgehead atoms. The predicted molar refractivity (Wildman–Crippen MR) is 332 cm³/mol. The number of fused-ring (bicyclic) bond motifs is 18. The molecule has 0 saturated heterocycles. The lowest BCUT2D eigenvalue weighted by Crippen LogP contribution is -2.32. The summed E-state index contributed by atoms with van der Waals surface area (Å²) in [4.78, 5) is 5.08. The second kappa shape index (κ2) is 18.1. The summed E-state index contributed by atoms with van der Waals surface area (Å²) in [5.41, 5.74) is 12.6. The van der Waals surface area contributed by atoms with Crippen molar-refractivity contribution >= 4 is 32.8 Å². The van der Waals surface area contributed by atoms with Gasteiger partial charge in [0.2, 0.25) is 0 Å². The van der Waals surface area contributed by atoms with E-state index in [1.807, 2.05) is 42.6 Å². The van der Waals surface area contributed by atoms with Gasteiger partial charge in [-0.25, -0.2) is 4.98 Å². The maximum Gasteiger partial charge on any atom is 0.269 e. The highest BCUT2D eigenvalue weighted by atomic mass is 16.5. The molecule has 0 radical (unpaired) electrons. The van der Waals surface area contributed by atoms with E-state index >= 15 is 0 Å². The Morgan fingerprint density at radius 2 is 0.963 bits per heavy atom. The average molecular weight is 1050 g/mol. The van der Waals surface area contributed by atoms with Crippen LogP contribution in [0, 0.1) is 6.33 Å². The number of pyridine rings is 1. The fourth-order valence-corrected chi connectivity index (χ4v) is 12.2. The lowest BCUT2D eigenvalue weighted by atomic mass is 9.80. The molecule has 0 amide bonds. The normalized spacial score (nSPS) is 14.4. The van der Waals surface area contributed by atoms with Gasteiger partial charge in [0.05, 0.1) is 51.3 Å². The number of hydrogen-bond donors (Lipinski definition) is 0. The molecule has 1 aliphatic carbocycles. The van der Waals surface area contributed by atoms with Crippen LogP contribution in [0.3, 0.4) is 0 Å². The van der Waals surface area contributed by atoms with E-state index in [2.05, 4.69) is 135 Å². The Kier molecular flexibility index (Phi) is 7.87. The Labute approximate surface area is 488 Å². The third kappa shape index (κ3) is 7.39. The molecule has 2 aliphatic rings. The van der Waals surface area contributed by atoms with Crippen molar-refractivity contribution < 1.29 is 27.1 Å². The first kappa shape index (κ1) is 35.2. The third-order valence-electron chi connectivity index (χ3n) is 15.8. The standard InChI is InChI=1S/C76H52N4O/c1-76(2,3)49-40-41-77-73(42-49)80-71-44-52(38-39-64(71)69-45-67-62-32-15-11-28-58(62)54-24-7-8-25-55(54)59-29-12-16-33-63(59)68(67)46-72(69)80)81-51-23-17-22-50(43-51)78-47-79-74-53(48-20-5-4-6-21-48)34-18-35-65(74)60-30-13-9-26-56(60)57-27-10-14-31-61(57)66-36-19-37-70(78)75(66)79/h4-46H,1-3H3/i4D,5D,6D,9D,10D,13D,14D,20D,21D,26D,27D,30D,31D. The summed E-state index contributed by atoms with van der Waals surface area (Å²) in [5.74, 6) is 1.67. The first-order valence-corrected chi connectivity index (χ1v) is 26.8. The van der Waals surface area contributed by atoms with E-state index in [-0.39, 0.29) is 61.1 Å². The van der Waals surface area contributed by atoms with Gasteiger partial charge in [-0.3, -0.25) is 13.7 Å². The molecule has 4 heterocycles. The second-order valence-corrected chi connectivity index (χ2v) is 21.5. The minimum Gasteiger partial charge on any atom is -0.458 e. The highest BCUT2D eigenvalue weighted by Crippen LogP contribution is 2.51. The molecular weight excluding hydrogens is 985 g/mol. The van der Waals surface area contributed by atoms with E-state index in [0.717, 1.165) is 77.7 Å². The van der Waals surface area contributed by atoms with E-state index in [0.29, 0.717) is 22.7 Å². The van der Waals surface area contributed by atoms with Gasteiger partial charge in [0, 0.05) is 23.0 Å². The minimum absolute atomic E-state index is 0.0588. The minimum atomic E-state index is -0.645. The van der Waals surface area contributed by atoms with Gasteiger partial charge < -0.3 is 4.74 Å². The van der Waals surface area contributed by atoms with Gasteiger partial charge in [0.1, 0.15) is 17.3 Å². The molecule has 81 heavy (non-hydrogen) atoms. The summed E-state index contributed by atoms with van der Waals surface area (Å²) in [5, 5.41) is 2.00. The van der Waals surface area contributed by atoms with E-state index in [4.69, 9.17) is 19.3 Å². The first-order valence-electron chi connectivity index (χ1n) is 33.3. The summed E-state index contributed by atoms with van der Waals surface area (Å²) in [6, 6.07) is 50.4. The molecule has 16 rings (SSSR count). The maximum absolute atomic E-state index is 9.65. The molecule has 0 atom stereocenters. The monoisotopic (exact) mass is 1050 g/mol. The van der Waals surface area contributed by atoms with Crippen molar-refractivity contribution in [1.29, 1.82) is 0 Å². The molecule has 3 aromatic heterocycles. The zero-order valence-electron chi connectivity index (χ0n) is 57.0. The molecule has 0 fully saturated rings. The van der Waals surface area contributed by atoms with E-state index in [1.54, 1.807) is 45.5 Å². The molecule has 0 unspecified atom stereocenters. The van der Waals surface area contributed by atoms with Gasteiger partial charge in [-0.05, 0) is 155 Å². The zero-order valence-corrected chi connectivity index (χ0v) is 44.0. The van der Waals surface area contributed by atoms with Crippen LogP contribution < -0.4 is 9.30 Å². The maximum atomic E-state index is 9.65. The molecule has 0 saturated carbocycles. The predicted octanol–water partition coefficient (Wildman–Crippen LogP) is 19.3. The molecule has 1 aliphatic heterocycles. The van der Waals surface area contributed by atoms with Crippen molar-refractivity contribution in [3.8, 4) is 118 Å². The largest absolute Gasteiger partial charge is 0.458 e. The van der Waals surface area contributed by atoms with Crippen LogP contribution in [0.2, 0.25) is 0 Å². The average Bonchev–Trinajstić information content (AvgIpc) is 1.48. The van der Waals surface area contributed by atoms with Crippen molar-refractivity contribution in [3.05, 3.63) is 273 Å². The summed E-state index contributed by atoms with van der Waals surface area (Å²) in [6.07, 6.45) is 5.38. The van der Waals surface area contributed by atoms with Crippen LogP contribution in [-0.4, -0.2) is 14.1 Å². The molecule has 0 spiro atoms. The van der Waals surface area contributed by atoms with Crippen LogP contribution in [0.5, 0.6) is 11.5 Å². The first-order chi connectivity index (χ1) is 45.2. The number of benzene rings is 11. The van der Waals surface area contributed by atoms with Crippen molar-refractivity contribution in [2.24, 2.45) is 0 Å². The quantitative estimate of drug-likeness (QED) is 0.127. The Morgan fingerprint density at radius 3 is 1.63 bits per heavy atom. The van der Waals surface area contributed by atoms with Gasteiger partial charge in [0.15, 0.2) is 0 Å². The van der Waals surface area contributed by atoms with Crippen LogP contribution in [0.4, 0.5) is 0 Å². The Hall–Kier alpha value is -10.4. The molecule has 5 nitrogen and oxygen atoms in total.